The minimum absolute atomic E-state index is 0.274. The maximum Gasteiger partial charge on any atom is 0.197 e. The molecule has 6 heteroatoms. The van der Waals surface area contributed by atoms with Crippen molar-refractivity contribution in [2.75, 3.05) is 0 Å². The molecule has 2 aromatic heterocycles. The Labute approximate surface area is 124 Å². The van der Waals surface area contributed by atoms with Gasteiger partial charge in [-0.25, -0.2) is 4.98 Å². The van der Waals surface area contributed by atoms with Crippen LogP contribution in [0.25, 0.3) is 11.1 Å². The van der Waals surface area contributed by atoms with Crippen molar-refractivity contribution < 1.29 is 4.42 Å². The van der Waals surface area contributed by atoms with Crippen LogP contribution < -0.4 is 5.73 Å². The second-order valence-corrected chi connectivity index (χ2v) is 6.45. The van der Waals surface area contributed by atoms with Crippen LogP contribution in [0.2, 0.25) is 8.67 Å². The Bertz CT molecular complexity index is 689. The second-order valence-electron chi connectivity index (χ2n) is 4.17. The van der Waals surface area contributed by atoms with Gasteiger partial charge in [0.15, 0.2) is 11.5 Å². The molecule has 2 N–H and O–H groups in total. The molecule has 1 aromatic carbocycles. The fraction of sp³-hybridized carbons (Fsp3) is 0.154. The molecule has 0 spiro atoms. The van der Waals surface area contributed by atoms with E-state index >= 15 is 0 Å². The summed E-state index contributed by atoms with van der Waals surface area (Å²) in [4.78, 5) is 4.40. The molecule has 1 unspecified atom stereocenters. The maximum atomic E-state index is 6.13. The van der Waals surface area contributed by atoms with Crippen LogP contribution in [0.15, 0.2) is 34.7 Å². The summed E-state index contributed by atoms with van der Waals surface area (Å²) in [5, 5.41) is 0. The van der Waals surface area contributed by atoms with E-state index in [2.05, 4.69) is 4.98 Å². The van der Waals surface area contributed by atoms with Gasteiger partial charge in [0.05, 0.1) is 8.67 Å². The zero-order chi connectivity index (χ0) is 13.4. The van der Waals surface area contributed by atoms with Gasteiger partial charge >= 0.3 is 0 Å². The SMILES string of the molecule is NC(Cc1nc2ccccc2o1)c1cc(Cl)sc1Cl. The van der Waals surface area contributed by atoms with Crippen LogP contribution in [-0.4, -0.2) is 4.98 Å². The van der Waals surface area contributed by atoms with E-state index in [0.29, 0.717) is 21.0 Å². The first-order chi connectivity index (χ1) is 9.13. The molecule has 1 atom stereocenters. The summed E-state index contributed by atoms with van der Waals surface area (Å²) in [7, 11) is 0. The monoisotopic (exact) mass is 312 g/mol. The number of aromatic nitrogens is 1. The first kappa shape index (κ1) is 12.9. The number of oxazole rings is 1. The molecular formula is C13H10Cl2N2OS. The number of halogens is 2. The van der Waals surface area contributed by atoms with Crippen molar-refractivity contribution in [2.24, 2.45) is 5.73 Å². The normalized spacial score (nSPS) is 13.0. The molecule has 0 aliphatic rings. The van der Waals surface area contributed by atoms with Crippen molar-refractivity contribution in [3.05, 3.63) is 50.5 Å². The third-order valence-corrected chi connectivity index (χ3v) is 4.33. The van der Waals surface area contributed by atoms with Crippen LogP contribution in [0.3, 0.4) is 0 Å². The van der Waals surface area contributed by atoms with Crippen LogP contribution in [0.5, 0.6) is 0 Å². The van der Waals surface area contributed by atoms with Gasteiger partial charge in [-0.1, -0.05) is 35.3 Å². The number of nitrogens with zero attached hydrogens (tertiary/aromatic N) is 1. The van der Waals surface area contributed by atoms with E-state index in [9.17, 15) is 0 Å². The number of benzene rings is 1. The van der Waals surface area contributed by atoms with E-state index in [4.69, 9.17) is 33.4 Å². The first-order valence-corrected chi connectivity index (χ1v) is 7.25. The smallest absolute Gasteiger partial charge is 0.197 e. The van der Waals surface area contributed by atoms with Crippen molar-refractivity contribution in [3.8, 4) is 0 Å². The standard InChI is InChI=1S/C13H10Cl2N2OS/c14-11-5-7(13(15)19-11)8(16)6-12-17-9-3-1-2-4-10(9)18-12/h1-5,8H,6,16H2. The van der Waals surface area contributed by atoms with Gasteiger partial charge in [0, 0.05) is 18.0 Å². The zero-order valence-corrected chi connectivity index (χ0v) is 12.1. The Morgan fingerprint density at radius 3 is 2.79 bits per heavy atom. The van der Waals surface area contributed by atoms with Gasteiger partial charge in [-0.2, -0.15) is 0 Å². The summed E-state index contributed by atoms with van der Waals surface area (Å²) >= 11 is 13.3. The highest BCUT2D eigenvalue weighted by molar-refractivity contribution is 7.20. The molecule has 0 saturated carbocycles. The Morgan fingerprint density at radius 1 is 1.32 bits per heavy atom. The molecule has 3 aromatic rings. The van der Waals surface area contributed by atoms with Gasteiger partial charge in [0.1, 0.15) is 5.52 Å². The molecule has 0 bridgehead atoms. The van der Waals surface area contributed by atoms with E-state index < -0.39 is 0 Å². The second kappa shape index (κ2) is 5.13. The van der Waals surface area contributed by atoms with Gasteiger partial charge < -0.3 is 10.2 Å². The van der Waals surface area contributed by atoms with Crippen LogP contribution in [0, 0.1) is 0 Å². The highest BCUT2D eigenvalue weighted by atomic mass is 35.5. The summed E-state index contributed by atoms with van der Waals surface area (Å²) in [6, 6.07) is 9.14. The molecule has 19 heavy (non-hydrogen) atoms. The van der Waals surface area contributed by atoms with Gasteiger partial charge in [0.2, 0.25) is 0 Å². The Morgan fingerprint density at radius 2 is 2.11 bits per heavy atom. The predicted molar refractivity (Wildman–Crippen MR) is 79.0 cm³/mol. The van der Waals surface area contributed by atoms with E-state index in [1.807, 2.05) is 24.3 Å². The summed E-state index contributed by atoms with van der Waals surface area (Å²) in [6.45, 7) is 0. The molecule has 0 aliphatic heterocycles. The van der Waals surface area contributed by atoms with Gasteiger partial charge in [0.25, 0.3) is 0 Å². The lowest BCUT2D eigenvalue weighted by atomic mass is 10.1. The topological polar surface area (TPSA) is 52.0 Å². The summed E-state index contributed by atoms with van der Waals surface area (Å²) in [6.07, 6.45) is 0.488. The molecule has 2 heterocycles. The van der Waals surface area contributed by atoms with E-state index in [-0.39, 0.29) is 6.04 Å². The van der Waals surface area contributed by atoms with Crippen LogP contribution in [0.1, 0.15) is 17.5 Å². The van der Waals surface area contributed by atoms with Crippen molar-refractivity contribution in [1.29, 1.82) is 0 Å². The summed E-state index contributed by atoms with van der Waals surface area (Å²) < 4.78 is 6.89. The molecule has 0 fully saturated rings. The highest BCUT2D eigenvalue weighted by Crippen LogP contribution is 2.35. The fourth-order valence-corrected chi connectivity index (χ4v) is 3.51. The quantitative estimate of drug-likeness (QED) is 0.778. The summed E-state index contributed by atoms with van der Waals surface area (Å²) in [5.74, 6) is 0.604. The molecule has 3 rings (SSSR count). The van der Waals surface area contributed by atoms with Gasteiger partial charge in [-0.05, 0) is 18.2 Å². The lowest BCUT2D eigenvalue weighted by Crippen LogP contribution is -2.13. The average Bonchev–Trinajstić information content (AvgIpc) is 2.91. The number of hydrogen-bond acceptors (Lipinski definition) is 4. The largest absolute Gasteiger partial charge is 0.441 e. The van der Waals surface area contributed by atoms with Crippen molar-refractivity contribution in [1.82, 2.24) is 4.98 Å². The zero-order valence-electron chi connectivity index (χ0n) is 9.77. The van der Waals surface area contributed by atoms with Crippen molar-refractivity contribution in [3.63, 3.8) is 0 Å². The van der Waals surface area contributed by atoms with Crippen LogP contribution in [-0.2, 0) is 6.42 Å². The molecular weight excluding hydrogens is 303 g/mol. The van der Waals surface area contributed by atoms with E-state index in [1.54, 1.807) is 6.07 Å². The molecule has 0 aliphatic carbocycles. The Hall–Kier alpha value is -1.07. The van der Waals surface area contributed by atoms with Crippen molar-refractivity contribution >= 4 is 45.6 Å². The number of rotatable bonds is 3. The lowest BCUT2D eigenvalue weighted by molar-refractivity contribution is 0.503. The number of hydrogen-bond donors (Lipinski definition) is 1. The minimum atomic E-state index is -0.274. The highest BCUT2D eigenvalue weighted by Gasteiger charge is 2.17. The number of fused-ring (bicyclic) bond motifs is 1. The van der Waals surface area contributed by atoms with Gasteiger partial charge in [-0.15, -0.1) is 11.3 Å². The van der Waals surface area contributed by atoms with Gasteiger partial charge in [-0.3, -0.25) is 0 Å². The first-order valence-electron chi connectivity index (χ1n) is 5.68. The maximum absolute atomic E-state index is 6.13. The molecule has 3 nitrogen and oxygen atoms in total. The molecule has 98 valence electrons. The lowest BCUT2D eigenvalue weighted by Gasteiger charge is -2.07. The van der Waals surface area contributed by atoms with E-state index in [0.717, 1.165) is 16.7 Å². The molecule has 0 amide bonds. The Kier molecular flexibility index (Phi) is 3.50. The molecule has 0 saturated heterocycles. The molecule has 0 radical (unpaired) electrons. The third-order valence-electron chi connectivity index (χ3n) is 2.82. The summed E-state index contributed by atoms with van der Waals surface area (Å²) in [5.41, 5.74) is 8.55. The number of para-hydroxylation sites is 2. The third kappa shape index (κ3) is 2.62. The van der Waals surface area contributed by atoms with Crippen LogP contribution >= 0.6 is 34.5 Å². The average molecular weight is 313 g/mol. The number of thiophene rings is 1. The fourth-order valence-electron chi connectivity index (χ4n) is 1.91. The van der Waals surface area contributed by atoms with Crippen molar-refractivity contribution in [2.45, 2.75) is 12.5 Å². The Balaban J connectivity index is 1.86. The minimum Gasteiger partial charge on any atom is -0.441 e. The van der Waals surface area contributed by atoms with Crippen LogP contribution in [0.4, 0.5) is 0 Å². The number of nitrogens with two attached hydrogens (primary N) is 1. The van der Waals surface area contributed by atoms with E-state index in [1.165, 1.54) is 11.3 Å². The predicted octanol–water partition coefficient (Wildman–Crippen LogP) is 4.44.